The molecule has 1 unspecified atom stereocenters. The summed E-state index contributed by atoms with van der Waals surface area (Å²) in [5.74, 6) is 0.700. The van der Waals surface area contributed by atoms with E-state index in [0.29, 0.717) is 5.75 Å². The van der Waals surface area contributed by atoms with Crippen molar-refractivity contribution in [3.05, 3.63) is 30.3 Å². The summed E-state index contributed by atoms with van der Waals surface area (Å²) in [5.41, 5.74) is 0. The van der Waals surface area contributed by atoms with Crippen LogP contribution in [0.4, 0.5) is 0 Å². The molecule has 0 amide bonds. The number of rotatable bonds is 12. The highest BCUT2D eigenvalue weighted by Gasteiger charge is 2.20. The molecule has 5 nitrogen and oxygen atoms in total. The van der Waals surface area contributed by atoms with E-state index in [0.717, 1.165) is 19.3 Å². The van der Waals surface area contributed by atoms with Crippen LogP contribution < -0.4 is 4.74 Å². The number of hydrogen-bond donors (Lipinski definition) is 1. The van der Waals surface area contributed by atoms with Crippen LogP contribution in [-0.2, 0) is 13.6 Å². The molecule has 0 spiro atoms. The van der Waals surface area contributed by atoms with E-state index < -0.39 is 7.82 Å². The summed E-state index contributed by atoms with van der Waals surface area (Å²) in [5, 5.41) is 0. The Morgan fingerprint density at radius 2 is 1.62 bits per heavy atom. The molecule has 0 aliphatic carbocycles. The molecule has 0 fully saturated rings. The molecule has 1 atom stereocenters. The zero-order chi connectivity index (χ0) is 15.4. The average molecular weight is 316 g/mol. The van der Waals surface area contributed by atoms with Crippen molar-refractivity contribution in [3.63, 3.8) is 0 Å². The third-order valence-electron chi connectivity index (χ3n) is 2.85. The Hall–Kier alpha value is -0.870. The molecule has 21 heavy (non-hydrogen) atoms. The highest BCUT2D eigenvalue weighted by Crippen LogP contribution is 2.43. The lowest BCUT2D eigenvalue weighted by molar-refractivity contribution is 0.127. The molecule has 0 heterocycles. The van der Waals surface area contributed by atoms with Crippen molar-refractivity contribution in [1.29, 1.82) is 0 Å². The Morgan fingerprint density at radius 3 is 2.33 bits per heavy atom. The van der Waals surface area contributed by atoms with Crippen LogP contribution in [0.3, 0.4) is 0 Å². The van der Waals surface area contributed by atoms with Crippen LogP contribution in [0.25, 0.3) is 0 Å². The molecule has 1 N–H and O–H groups in total. The Bertz CT molecular complexity index is 410. The second-order valence-electron chi connectivity index (χ2n) is 4.71. The normalized spacial score (nSPS) is 13.8. The van der Waals surface area contributed by atoms with Crippen molar-refractivity contribution >= 4 is 7.82 Å². The fourth-order valence-electron chi connectivity index (χ4n) is 1.75. The van der Waals surface area contributed by atoms with E-state index in [-0.39, 0.29) is 19.8 Å². The Kier molecular flexibility index (Phi) is 9.35. The first-order valence-electron chi connectivity index (χ1n) is 7.44. The minimum atomic E-state index is -3.95. The molecule has 0 radical (unpaired) electrons. The maximum atomic E-state index is 11.6. The largest absolute Gasteiger partial charge is 0.491 e. The van der Waals surface area contributed by atoms with Crippen LogP contribution in [0.2, 0.25) is 0 Å². The maximum Gasteiger partial charge on any atom is 0.472 e. The highest BCUT2D eigenvalue weighted by molar-refractivity contribution is 7.47. The topological polar surface area (TPSA) is 65.0 Å². The molecule has 0 bridgehead atoms. The lowest BCUT2D eigenvalue weighted by Gasteiger charge is -2.12. The van der Waals surface area contributed by atoms with Crippen LogP contribution in [0.1, 0.15) is 39.0 Å². The van der Waals surface area contributed by atoms with Gasteiger partial charge >= 0.3 is 7.82 Å². The molecule has 0 aromatic heterocycles. The van der Waals surface area contributed by atoms with Gasteiger partial charge in [-0.2, -0.15) is 0 Å². The monoisotopic (exact) mass is 316 g/mol. The Balaban J connectivity index is 2.05. The molecular weight excluding hydrogens is 291 g/mol. The van der Waals surface area contributed by atoms with Gasteiger partial charge in [0.2, 0.25) is 0 Å². The SMILES string of the molecule is CCCCCCCOP(=O)(O)OCCOc1ccccc1. The van der Waals surface area contributed by atoms with Gasteiger partial charge in [0, 0.05) is 0 Å². The molecule has 1 rings (SSSR count). The zero-order valence-electron chi connectivity index (χ0n) is 12.6. The predicted octanol–water partition coefficient (Wildman–Crippen LogP) is 4.17. The lowest BCUT2D eigenvalue weighted by atomic mass is 10.2. The van der Waals surface area contributed by atoms with Gasteiger partial charge in [0.05, 0.1) is 13.2 Å². The number of para-hydroxylation sites is 1. The van der Waals surface area contributed by atoms with E-state index in [4.69, 9.17) is 13.8 Å². The average Bonchev–Trinajstić information content (AvgIpc) is 2.48. The third kappa shape index (κ3) is 9.64. The van der Waals surface area contributed by atoms with Crippen molar-refractivity contribution in [2.24, 2.45) is 0 Å². The number of hydrogen-bond acceptors (Lipinski definition) is 4. The third-order valence-corrected chi connectivity index (χ3v) is 3.87. The van der Waals surface area contributed by atoms with Gasteiger partial charge in [-0.05, 0) is 18.6 Å². The molecule has 1 aromatic carbocycles. The fourth-order valence-corrected chi connectivity index (χ4v) is 2.49. The van der Waals surface area contributed by atoms with Gasteiger partial charge < -0.3 is 9.63 Å². The Morgan fingerprint density at radius 1 is 0.952 bits per heavy atom. The van der Waals surface area contributed by atoms with Crippen molar-refractivity contribution in [2.45, 2.75) is 39.0 Å². The molecule has 1 aromatic rings. The van der Waals surface area contributed by atoms with E-state index >= 15 is 0 Å². The van der Waals surface area contributed by atoms with Crippen LogP contribution in [0, 0.1) is 0 Å². The molecule has 0 aliphatic heterocycles. The van der Waals surface area contributed by atoms with Crippen molar-refractivity contribution in [2.75, 3.05) is 19.8 Å². The van der Waals surface area contributed by atoms with Crippen molar-refractivity contribution in [1.82, 2.24) is 0 Å². The second-order valence-corrected chi connectivity index (χ2v) is 6.16. The van der Waals surface area contributed by atoms with Gasteiger partial charge in [-0.3, -0.25) is 9.05 Å². The van der Waals surface area contributed by atoms with Crippen LogP contribution >= 0.6 is 7.82 Å². The van der Waals surface area contributed by atoms with Crippen molar-refractivity contribution < 1.29 is 23.2 Å². The van der Waals surface area contributed by atoms with Gasteiger partial charge in [-0.15, -0.1) is 0 Å². The first-order chi connectivity index (χ1) is 10.1. The molecule has 0 saturated carbocycles. The number of phosphoric acid groups is 1. The highest BCUT2D eigenvalue weighted by atomic mass is 31.2. The zero-order valence-corrected chi connectivity index (χ0v) is 13.5. The quantitative estimate of drug-likeness (QED) is 0.463. The molecule has 6 heteroatoms. The van der Waals surface area contributed by atoms with E-state index in [9.17, 15) is 9.46 Å². The molecule has 0 saturated heterocycles. The van der Waals surface area contributed by atoms with E-state index in [1.54, 1.807) is 0 Å². The fraction of sp³-hybridized carbons (Fsp3) is 0.600. The minimum absolute atomic E-state index is 0.0124. The summed E-state index contributed by atoms with van der Waals surface area (Å²) in [4.78, 5) is 9.47. The summed E-state index contributed by atoms with van der Waals surface area (Å²) in [6.45, 7) is 2.60. The summed E-state index contributed by atoms with van der Waals surface area (Å²) in [7, 11) is -3.95. The van der Waals surface area contributed by atoms with E-state index in [1.165, 1.54) is 12.8 Å². The molecule has 0 aliphatic rings. The number of ether oxygens (including phenoxy) is 1. The van der Waals surface area contributed by atoms with E-state index in [1.807, 2.05) is 30.3 Å². The summed E-state index contributed by atoms with van der Waals surface area (Å²) >= 11 is 0. The lowest BCUT2D eigenvalue weighted by Crippen LogP contribution is -2.07. The molecular formula is C15H25O5P. The summed E-state index contributed by atoms with van der Waals surface area (Å²) in [6, 6.07) is 9.22. The summed E-state index contributed by atoms with van der Waals surface area (Å²) in [6.07, 6.45) is 5.26. The number of unbranched alkanes of at least 4 members (excludes halogenated alkanes) is 4. The first kappa shape index (κ1) is 18.2. The van der Waals surface area contributed by atoms with Gasteiger partial charge in [-0.1, -0.05) is 50.8 Å². The maximum absolute atomic E-state index is 11.6. The smallest absolute Gasteiger partial charge is 0.472 e. The molecule has 120 valence electrons. The van der Waals surface area contributed by atoms with Crippen molar-refractivity contribution in [3.8, 4) is 5.75 Å². The van der Waals surface area contributed by atoms with Gasteiger partial charge in [-0.25, -0.2) is 4.57 Å². The van der Waals surface area contributed by atoms with Crippen LogP contribution in [0.15, 0.2) is 30.3 Å². The number of benzene rings is 1. The van der Waals surface area contributed by atoms with Gasteiger partial charge in [0.1, 0.15) is 12.4 Å². The van der Waals surface area contributed by atoms with E-state index in [2.05, 4.69) is 6.92 Å². The summed E-state index contributed by atoms with van der Waals surface area (Å²) < 4.78 is 26.7. The standard InChI is InChI=1S/C15H25O5P/c1-2-3-4-5-9-12-19-21(16,17)20-14-13-18-15-10-7-6-8-11-15/h6-8,10-11H,2-5,9,12-14H2,1H3,(H,16,17). The first-order valence-corrected chi connectivity index (χ1v) is 8.93. The minimum Gasteiger partial charge on any atom is -0.491 e. The van der Waals surface area contributed by atoms with Crippen LogP contribution in [0.5, 0.6) is 5.75 Å². The Labute approximate surface area is 126 Å². The number of phosphoric ester groups is 1. The predicted molar refractivity (Wildman–Crippen MR) is 82.4 cm³/mol. The van der Waals surface area contributed by atoms with Gasteiger partial charge in [0.15, 0.2) is 0 Å². The van der Waals surface area contributed by atoms with Crippen LogP contribution in [-0.4, -0.2) is 24.7 Å². The second kappa shape index (κ2) is 10.8. The van der Waals surface area contributed by atoms with Gasteiger partial charge in [0.25, 0.3) is 0 Å².